The second-order valence-electron chi connectivity index (χ2n) is 5.49. The van der Waals surface area contributed by atoms with Gasteiger partial charge in [-0.1, -0.05) is 6.92 Å². The van der Waals surface area contributed by atoms with Crippen LogP contribution >= 0.6 is 0 Å². The summed E-state index contributed by atoms with van der Waals surface area (Å²) in [7, 11) is 0. The SMILES string of the molecule is CCCNc1cncc(C(=O)N2CCNC(=O)C2(C)C)n1. The lowest BCUT2D eigenvalue weighted by Crippen LogP contribution is -2.63. The first-order valence-corrected chi connectivity index (χ1v) is 7.13. The number of hydrogen-bond acceptors (Lipinski definition) is 5. The molecule has 2 N–H and O–H groups in total. The molecule has 0 radical (unpaired) electrons. The Morgan fingerprint density at radius 2 is 2.24 bits per heavy atom. The van der Waals surface area contributed by atoms with E-state index < -0.39 is 5.54 Å². The zero-order valence-corrected chi connectivity index (χ0v) is 12.6. The Balaban J connectivity index is 2.21. The van der Waals surface area contributed by atoms with Gasteiger partial charge in [0.2, 0.25) is 5.91 Å². The zero-order chi connectivity index (χ0) is 15.5. The molecule has 2 amide bonds. The third-order valence-electron chi connectivity index (χ3n) is 3.51. The van der Waals surface area contributed by atoms with Gasteiger partial charge in [0, 0.05) is 19.6 Å². The van der Waals surface area contributed by atoms with E-state index in [0.29, 0.717) is 18.9 Å². The van der Waals surface area contributed by atoms with Crippen LogP contribution in [0.1, 0.15) is 37.7 Å². The van der Waals surface area contributed by atoms with Crippen LogP contribution < -0.4 is 10.6 Å². The van der Waals surface area contributed by atoms with Crippen molar-refractivity contribution in [2.75, 3.05) is 25.0 Å². The molecule has 1 fully saturated rings. The standard InChI is InChI=1S/C14H21N5O2/c1-4-5-16-11-9-15-8-10(18-11)12(20)19-7-6-17-13(21)14(19,2)3/h8-9H,4-7H2,1-3H3,(H,16,18)(H,17,21). The van der Waals surface area contributed by atoms with Crippen LogP contribution in [-0.2, 0) is 4.79 Å². The number of amides is 2. The van der Waals surface area contributed by atoms with Gasteiger partial charge in [0.05, 0.1) is 12.4 Å². The van der Waals surface area contributed by atoms with Crippen LogP contribution in [0.2, 0.25) is 0 Å². The number of rotatable bonds is 4. The van der Waals surface area contributed by atoms with Crippen LogP contribution in [0.5, 0.6) is 0 Å². The number of hydrogen-bond donors (Lipinski definition) is 2. The van der Waals surface area contributed by atoms with Crippen LogP contribution in [0.25, 0.3) is 0 Å². The monoisotopic (exact) mass is 291 g/mol. The van der Waals surface area contributed by atoms with E-state index in [1.165, 1.54) is 6.20 Å². The highest BCUT2D eigenvalue weighted by molar-refractivity contribution is 5.98. The maximum atomic E-state index is 12.6. The summed E-state index contributed by atoms with van der Waals surface area (Å²) >= 11 is 0. The van der Waals surface area contributed by atoms with Crippen molar-refractivity contribution in [2.45, 2.75) is 32.7 Å². The lowest BCUT2D eigenvalue weighted by molar-refractivity contribution is -0.133. The van der Waals surface area contributed by atoms with Gasteiger partial charge in [-0.05, 0) is 20.3 Å². The molecule has 0 bridgehead atoms. The minimum absolute atomic E-state index is 0.157. The van der Waals surface area contributed by atoms with E-state index in [1.54, 1.807) is 24.9 Å². The fourth-order valence-corrected chi connectivity index (χ4v) is 2.20. The molecule has 0 unspecified atom stereocenters. The van der Waals surface area contributed by atoms with Gasteiger partial charge in [-0.3, -0.25) is 14.6 Å². The summed E-state index contributed by atoms with van der Waals surface area (Å²) in [4.78, 5) is 34.4. The highest BCUT2D eigenvalue weighted by atomic mass is 16.2. The molecule has 2 rings (SSSR count). The topological polar surface area (TPSA) is 87.2 Å². The number of aromatic nitrogens is 2. The van der Waals surface area contributed by atoms with E-state index in [0.717, 1.165) is 13.0 Å². The van der Waals surface area contributed by atoms with Crippen molar-refractivity contribution in [2.24, 2.45) is 0 Å². The molecule has 1 aromatic rings. The van der Waals surface area contributed by atoms with Crippen molar-refractivity contribution >= 4 is 17.6 Å². The van der Waals surface area contributed by atoms with E-state index in [1.807, 2.05) is 6.92 Å². The van der Waals surface area contributed by atoms with E-state index in [2.05, 4.69) is 20.6 Å². The van der Waals surface area contributed by atoms with Gasteiger partial charge in [0.25, 0.3) is 5.91 Å². The minimum atomic E-state index is -0.885. The zero-order valence-electron chi connectivity index (χ0n) is 12.6. The van der Waals surface area contributed by atoms with E-state index in [4.69, 9.17) is 0 Å². The largest absolute Gasteiger partial charge is 0.369 e. The second kappa shape index (κ2) is 6.07. The Bertz CT molecular complexity index is 544. The first-order valence-electron chi connectivity index (χ1n) is 7.13. The van der Waals surface area contributed by atoms with Crippen molar-refractivity contribution in [1.29, 1.82) is 0 Å². The molecule has 114 valence electrons. The predicted molar refractivity (Wildman–Crippen MR) is 78.9 cm³/mol. The molecule has 0 aromatic carbocycles. The summed E-state index contributed by atoms with van der Waals surface area (Å²) < 4.78 is 0. The normalized spacial score (nSPS) is 17.3. The highest BCUT2D eigenvalue weighted by Crippen LogP contribution is 2.20. The molecule has 1 saturated heterocycles. The third-order valence-corrected chi connectivity index (χ3v) is 3.51. The molecule has 0 aliphatic carbocycles. The molecule has 0 atom stereocenters. The van der Waals surface area contributed by atoms with Gasteiger partial charge in [-0.2, -0.15) is 0 Å². The maximum Gasteiger partial charge on any atom is 0.275 e. The molecule has 7 nitrogen and oxygen atoms in total. The number of nitrogens with zero attached hydrogens (tertiary/aromatic N) is 3. The van der Waals surface area contributed by atoms with Crippen molar-refractivity contribution < 1.29 is 9.59 Å². The number of carbonyl (C=O) groups is 2. The average molecular weight is 291 g/mol. The van der Waals surface area contributed by atoms with Crippen molar-refractivity contribution in [3.63, 3.8) is 0 Å². The molecule has 1 aliphatic heterocycles. The summed E-state index contributed by atoms with van der Waals surface area (Å²) in [5.41, 5.74) is -0.636. The lowest BCUT2D eigenvalue weighted by Gasteiger charge is -2.40. The van der Waals surface area contributed by atoms with E-state index in [-0.39, 0.29) is 17.5 Å². The predicted octanol–water partition coefficient (Wildman–Crippen LogP) is 0.649. The molecule has 21 heavy (non-hydrogen) atoms. The molecular formula is C14H21N5O2. The van der Waals surface area contributed by atoms with Gasteiger partial charge in [0.15, 0.2) is 0 Å². The number of carbonyl (C=O) groups excluding carboxylic acids is 2. The highest BCUT2D eigenvalue weighted by Gasteiger charge is 2.41. The molecule has 0 saturated carbocycles. The Morgan fingerprint density at radius 1 is 1.48 bits per heavy atom. The minimum Gasteiger partial charge on any atom is -0.369 e. The number of anilines is 1. The second-order valence-corrected chi connectivity index (χ2v) is 5.49. The van der Waals surface area contributed by atoms with Gasteiger partial charge in [0.1, 0.15) is 17.1 Å². The fraction of sp³-hybridized carbons (Fsp3) is 0.571. The first kappa shape index (κ1) is 15.2. The van der Waals surface area contributed by atoms with Gasteiger partial charge in [-0.15, -0.1) is 0 Å². The molecule has 1 aliphatic rings. The quantitative estimate of drug-likeness (QED) is 0.850. The van der Waals surface area contributed by atoms with E-state index in [9.17, 15) is 9.59 Å². The number of piperazine rings is 1. The average Bonchev–Trinajstić information content (AvgIpc) is 2.47. The summed E-state index contributed by atoms with van der Waals surface area (Å²) in [5, 5.41) is 5.87. The van der Waals surface area contributed by atoms with Gasteiger partial charge < -0.3 is 15.5 Å². The summed E-state index contributed by atoms with van der Waals surface area (Å²) in [6, 6.07) is 0. The van der Waals surface area contributed by atoms with Gasteiger partial charge >= 0.3 is 0 Å². The molecular weight excluding hydrogens is 270 g/mol. The van der Waals surface area contributed by atoms with Crippen LogP contribution in [0.4, 0.5) is 5.82 Å². The number of nitrogens with one attached hydrogen (secondary N) is 2. The molecule has 7 heteroatoms. The Morgan fingerprint density at radius 3 is 2.95 bits per heavy atom. The van der Waals surface area contributed by atoms with Gasteiger partial charge in [-0.25, -0.2) is 4.98 Å². The smallest absolute Gasteiger partial charge is 0.275 e. The van der Waals surface area contributed by atoms with E-state index >= 15 is 0 Å². The molecule has 2 heterocycles. The molecule has 1 aromatic heterocycles. The first-order chi connectivity index (χ1) is 9.96. The summed E-state index contributed by atoms with van der Waals surface area (Å²) in [6.45, 7) is 7.19. The Kier molecular flexibility index (Phi) is 4.40. The van der Waals surface area contributed by atoms with Crippen LogP contribution in [0.3, 0.4) is 0 Å². The van der Waals surface area contributed by atoms with Crippen LogP contribution in [0, 0.1) is 0 Å². The lowest BCUT2D eigenvalue weighted by atomic mass is 9.98. The van der Waals surface area contributed by atoms with Crippen molar-refractivity contribution in [3.8, 4) is 0 Å². The third kappa shape index (κ3) is 3.12. The Hall–Kier alpha value is -2.18. The van der Waals surface area contributed by atoms with Crippen molar-refractivity contribution in [1.82, 2.24) is 20.2 Å². The summed E-state index contributed by atoms with van der Waals surface area (Å²) in [5.74, 6) is 0.139. The van der Waals surface area contributed by atoms with Crippen LogP contribution in [0.15, 0.2) is 12.4 Å². The maximum absolute atomic E-state index is 12.6. The molecule has 0 spiro atoms. The van der Waals surface area contributed by atoms with Crippen LogP contribution in [-0.4, -0.2) is 51.9 Å². The fourth-order valence-electron chi connectivity index (χ4n) is 2.20. The Labute approximate surface area is 124 Å². The van der Waals surface area contributed by atoms with Crippen molar-refractivity contribution in [3.05, 3.63) is 18.1 Å². The summed E-state index contributed by atoms with van der Waals surface area (Å²) in [6.07, 6.45) is 3.97.